The molecule has 1 saturated carbocycles. The summed E-state index contributed by atoms with van der Waals surface area (Å²) >= 11 is 6.32. The zero-order chi connectivity index (χ0) is 17.4. The van der Waals surface area contributed by atoms with Crippen molar-refractivity contribution in [3.8, 4) is 5.69 Å². The first-order valence-corrected chi connectivity index (χ1v) is 9.27. The van der Waals surface area contributed by atoms with E-state index in [9.17, 15) is 4.79 Å². The van der Waals surface area contributed by atoms with Gasteiger partial charge in [-0.25, -0.2) is 9.67 Å². The highest BCUT2D eigenvalue weighted by Crippen LogP contribution is 2.40. The van der Waals surface area contributed by atoms with Crippen molar-refractivity contribution in [2.24, 2.45) is 0 Å². The van der Waals surface area contributed by atoms with Crippen LogP contribution in [-0.4, -0.2) is 39.3 Å². The third-order valence-corrected chi connectivity index (χ3v) is 5.26. The highest BCUT2D eigenvalue weighted by Gasteiger charge is 2.32. The molecule has 0 bridgehead atoms. The number of nitrogens with zero attached hydrogens (tertiary/aromatic N) is 3. The Labute approximate surface area is 164 Å². The molecule has 2 fully saturated rings. The van der Waals surface area contributed by atoms with Crippen molar-refractivity contribution < 1.29 is 4.79 Å². The second kappa shape index (κ2) is 7.94. The summed E-state index contributed by atoms with van der Waals surface area (Å²) in [5, 5.41) is 11.6. The van der Waals surface area contributed by atoms with Crippen LogP contribution in [0.3, 0.4) is 0 Å². The summed E-state index contributed by atoms with van der Waals surface area (Å²) in [5.74, 6) is 1.20. The van der Waals surface area contributed by atoms with Gasteiger partial charge in [-0.2, -0.15) is 0 Å². The minimum absolute atomic E-state index is 0. The Morgan fingerprint density at radius 3 is 2.77 bits per heavy atom. The maximum Gasteiger partial charge on any atom is 0.291 e. The summed E-state index contributed by atoms with van der Waals surface area (Å²) in [6, 6.07) is 7.88. The third-order valence-electron chi connectivity index (χ3n) is 4.94. The lowest BCUT2D eigenvalue weighted by Gasteiger charge is -2.30. The third kappa shape index (κ3) is 3.87. The Balaban J connectivity index is 0.00000196. The van der Waals surface area contributed by atoms with E-state index in [-0.39, 0.29) is 36.2 Å². The number of para-hydroxylation sites is 1. The van der Waals surface area contributed by atoms with Crippen LogP contribution in [0.5, 0.6) is 0 Å². The first-order chi connectivity index (χ1) is 12.1. The molecule has 8 heteroatoms. The number of piperidine rings is 1. The van der Waals surface area contributed by atoms with Crippen LogP contribution in [0.15, 0.2) is 24.3 Å². The quantitative estimate of drug-likeness (QED) is 0.833. The minimum Gasteiger partial charge on any atom is -0.345 e. The zero-order valence-corrected chi connectivity index (χ0v) is 16.2. The van der Waals surface area contributed by atoms with E-state index in [0.717, 1.165) is 43.7 Å². The molecule has 1 amide bonds. The van der Waals surface area contributed by atoms with E-state index in [1.165, 1.54) is 0 Å². The molecule has 0 radical (unpaired) electrons. The van der Waals surface area contributed by atoms with Crippen LogP contribution >= 0.6 is 24.0 Å². The molecular formula is C18H23Cl2N5O. The molecule has 1 saturated heterocycles. The smallest absolute Gasteiger partial charge is 0.291 e. The Kier molecular flexibility index (Phi) is 5.85. The van der Waals surface area contributed by atoms with E-state index in [1.807, 2.05) is 24.3 Å². The SMILES string of the molecule is CC1NCCCC1NC(=O)c1nc(C2CC2)n(-c2ccccc2Cl)n1.Cl. The highest BCUT2D eigenvalue weighted by atomic mass is 35.5. The highest BCUT2D eigenvalue weighted by molar-refractivity contribution is 6.32. The Hall–Kier alpha value is -1.63. The van der Waals surface area contributed by atoms with Crippen LogP contribution in [0.4, 0.5) is 0 Å². The second-order valence-electron chi connectivity index (χ2n) is 6.90. The monoisotopic (exact) mass is 395 g/mol. The number of carbonyl (C=O) groups excluding carboxylic acids is 1. The van der Waals surface area contributed by atoms with Gasteiger partial charge in [0.15, 0.2) is 0 Å². The summed E-state index contributed by atoms with van der Waals surface area (Å²) in [7, 11) is 0. The van der Waals surface area contributed by atoms with Crippen LogP contribution in [0, 0.1) is 0 Å². The molecule has 2 atom stereocenters. The van der Waals surface area contributed by atoms with Crippen molar-refractivity contribution in [1.29, 1.82) is 0 Å². The predicted octanol–water partition coefficient (Wildman–Crippen LogP) is 3.09. The molecule has 1 aromatic carbocycles. The fourth-order valence-electron chi connectivity index (χ4n) is 3.30. The van der Waals surface area contributed by atoms with Gasteiger partial charge in [0, 0.05) is 18.0 Å². The van der Waals surface area contributed by atoms with Crippen LogP contribution in [0.25, 0.3) is 5.69 Å². The topological polar surface area (TPSA) is 71.8 Å². The number of benzene rings is 1. The first kappa shape index (κ1) is 19.1. The lowest BCUT2D eigenvalue weighted by Crippen LogP contribution is -2.52. The standard InChI is InChI=1S/C18H22ClN5O.ClH/c1-11-14(6-4-10-20-11)21-18(25)16-22-17(12-8-9-12)24(23-16)15-7-3-2-5-13(15)19;/h2-3,5,7,11-12,14,20H,4,6,8-10H2,1H3,(H,21,25);1H. The summed E-state index contributed by atoms with van der Waals surface area (Å²) in [4.78, 5) is 17.2. The molecule has 1 aliphatic carbocycles. The fraction of sp³-hybridized carbons (Fsp3) is 0.500. The number of aromatic nitrogens is 3. The Morgan fingerprint density at radius 2 is 2.08 bits per heavy atom. The van der Waals surface area contributed by atoms with Crippen molar-refractivity contribution in [2.75, 3.05) is 6.54 Å². The summed E-state index contributed by atoms with van der Waals surface area (Å²) in [6.07, 6.45) is 4.19. The average molecular weight is 396 g/mol. The molecule has 4 rings (SSSR count). The van der Waals surface area contributed by atoms with Crippen LogP contribution < -0.4 is 10.6 Å². The molecule has 2 N–H and O–H groups in total. The molecule has 1 aliphatic heterocycles. The zero-order valence-electron chi connectivity index (χ0n) is 14.6. The lowest BCUT2D eigenvalue weighted by atomic mass is 10.00. The minimum atomic E-state index is -0.215. The largest absolute Gasteiger partial charge is 0.345 e. The Bertz CT molecular complexity index is 790. The maximum absolute atomic E-state index is 12.7. The van der Waals surface area contributed by atoms with Gasteiger partial charge in [0.2, 0.25) is 5.82 Å². The van der Waals surface area contributed by atoms with E-state index < -0.39 is 0 Å². The van der Waals surface area contributed by atoms with Gasteiger partial charge >= 0.3 is 0 Å². The maximum atomic E-state index is 12.7. The van der Waals surface area contributed by atoms with Gasteiger partial charge in [-0.15, -0.1) is 17.5 Å². The van der Waals surface area contributed by atoms with Gasteiger partial charge < -0.3 is 10.6 Å². The number of rotatable bonds is 4. The number of hydrogen-bond donors (Lipinski definition) is 2. The molecule has 1 aromatic heterocycles. The summed E-state index contributed by atoms with van der Waals surface area (Å²) < 4.78 is 1.73. The van der Waals surface area contributed by atoms with Crippen molar-refractivity contribution in [1.82, 2.24) is 25.4 Å². The van der Waals surface area contributed by atoms with Gasteiger partial charge in [-0.3, -0.25) is 4.79 Å². The van der Waals surface area contributed by atoms with Crippen LogP contribution in [0.2, 0.25) is 5.02 Å². The normalized spacial score (nSPS) is 22.5. The van der Waals surface area contributed by atoms with Crippen molar-refractivity contribution in [3.05, 3.63) is 40.9 Å². The van der Waals surface area contributed by atoms with Crippen molar-refractivity contribution in [3.63, 3.8) is 0 Å². The van der Waals surface area contributed by atoms with Gasteiger partial charge in [-0.05, 0) is 51.3 Å². The first-order valence-electron chi connectivity index (χ1n) is 8.89. The van der Waals surface area contributed by atoms with Gasteiger partial charge in [0.1, 0.15) is 5.82 Å². The van der Waals surface area contributed by atoms with Gasteiger partial charge in [0.25, 0.3) is 5.91 Å². The van der Waals surface area contributed by atoms with Crippen molar-refractivity contribution >= 4 is 29.9 Å². The second-order valence-corrected chi connectivity index (χ2v) is 7.30. The fourth-order valence-corrected chi connectivity index (χ4v) is 3.52. The van der Waals surface area contributed by atoms with E-state index >= 15 is 0 Å². The number of nitrogens with one attached hydrogen (secondary N) is 2. The molecule has 2 aliphatic rings. The molecule has 0 spiro atoms. The van der Waals surface area contributed by atoms with E-state index in [1.54, 1.807) is 4.68 Å². The number of amides is 1. The number of hydrogen-bond acceptors (Lipinski definition) is 4. The summed E-state index contributed by atoms with van der Waals surface area (Å²) in [6.45, 7) is 3.09. The average Bonchev–Trinajstić information content (AvgIpc) is 3.36. The van der Waals surface area contributed by atoms with E-state index in [4.69, 9.17) is 11.6 Å². The van der Waals surface area contributed by atoms with Crippen LogP contribution in [0.1, 0.15) is 55.0 Å². The molecular weight excluding hydrogens is 373 g/mol. The van der Waals surface area contributed by atoms with E-state index in [0.29, 0.717) is 10.9 Å². The van der Waals surface area contributed by atoms with Gasteiger partial charge in [-0.1, -0.05) is 23.7 Å². The number of carbonyl (C=O) groups is 1. The molecule has 140 valence electrons. The summed E-state index contributed by atoms with van der Waals surface area (Å²) in [5.41, 5.74) is 0.769. The number of halogens is 2. The molecule has 6 nitrogen and oxygen atoms in total. The van der Waals surface area contributed by atoms with Crippen molar-refractivity contribution in [2.45, 2.75) is 50.6 Å². The predicted molar refractivity (Wildman–Crippen MR) is 104 cm³/mol. The molecule has 2 unspecified atom stereocenters. The van der Waals surface area contributed by atoms with Gasteiger partial charge in [0.05, 0.1) is 10.7 Å². The van der Waals surface area contributed by atoms with Crippen LogP contribution in [-0.2, 0) is 0 Å². The Morgan fingerprint density at radius 1 is 1.31 bits per heavy atom. The molecule has 2 heterocycles. The molecule has 26 heavy (non-hydrogen) atoms. The molecule has 2 aromatic rings. The lowest BCUT2D eigenvalue weighted by molar-refractivity contribution is 0.0909. The van der Waals surface area contributed by atoms with E-state index in [2.05, 4.69) is 27.6 Å².